The van der Waals surface area contributed by atoms with Gasteiger partial charge in [0.25, 0.3) is 0 Å². The molecular weight excluding hydrogens is 417 g/mol. The van der Waals surface area contributed by atoms with Crippen LogP contribution in [-0.2, 0) is 28.5 Å². The van der Waals surface area contributed by atoms with E-state index in [4.69, 9.17) is 16.5 Å². The summed E-state index contributed by atoms with van der Waals surface area (Å²) in [6, 6.07) is 17.0. The molecule has 0 saturated heterocycles. The number of unbranched alkanes of at least 4 members (excludes halogenated alkanes) is 1. The van der Waals surface area contributed by atoms with Gasteiger partial charge in [-0.1, -0.05) is 74.3 Å². The maximum Gasteiger partial charge on any atom is 0.694 e. The number of aryl methyl sites for hydroxylation is 1. The first-order valence-corrected chi connectivity index (χ1v) is 12.2. The Morgan fingerprint density at radius 2 is 1.83 bits per heavy atom. The number of rotatable bonds is 14. The summed E-state index contributed by atoms with van der Waals surface area (Å²) >= 11 is 6.49. The van der Waals surface area contributed by atoms with E-state index in [0.717, 1.165) is 42.9 Å². The molecule has 0 radical (unpaired) electrons. The van der Waals surface area contributed by atoms with E-state index in [1.54, 1.807) is 0 Å². The molecule has 0 bridgehead atoms. The fraction of sp³-hybridized carbons (Fsp3) is 0.500. The summed E-state index contributed by atoms with van der Waals surface area (Å²) in [6.07, 6.45) is 6.35. The van der Waals surface area contributed by atoms with E-state index in [0.29, 0.717) is 11.8 Å². The van der Waals surface area contributed by atoms with Gasteiger partial charge < -0.3 is 5.32 Å². The Morgan fingerprint density at radius 3 is 2.53 bits per heavy atom. The molecule has 2 N–H and O–H groups in total. The third kappa shape index (κ3) is 10.1. The van der Waals surface area contributed by atoms with Crippen LogP contribution >= 0.6 is 19.9 Å². The minimum absolute atomic E-state index is 0.278. The topological polar surface area (TPSA) is 58.6 Å². The van der Waals surface area contributed by atoms with Crippen molar-refractivity contribution in [1.82, 2.24) is 5.32 Å². The highest BCUT2D eigenvalue weighted by Crippen LogP contribution is 2.29. The van der Waals surface area contributed by atoms with Crippen molar-refractivity contribution in [3.63, 3.8) is 0 Å². The van der Waals surface area contributed by atoms with Crippen LogP contribution in [0.3, 0.4) is 0 Å². The molecule has 0 aliphatic heterocycles. The minimum atomic E-state index is -2.49. The van der Waals surface area contributed by atoms with Crippen LogP contribution in [0.15, 0.2) is 48.5 Å². The second kappa shape index (κ2) is 13.2. The molecule has 2 rings (SSSR count). The maximum absolute atomic E-state index is 10.4. The number of hydrogen-bond donors (Lipinski definition) is 2. The van der Waals surface area contributed by atoms with Crippen LogP contribution < -0.4 is 5.32 Å². The molecule has 0 spiro atoms. The van der Waals surface area contributed by atoms with E-state index in [9.17, 15) is 4.57 Å². The third-order valence-electron chi connectivity index (χ3n) is 5.22. The van der Waals surface area contributed by atoms with Crippen molar-refractivity contribution in [3.8, 4) is 0 Å². The largest absolute Gasteiger partial charge is 0.694 e. The van der Waals surface area contributed by atoms with Gasteiger partial charge in [-0.05, 0) is 66.8 Å². The maximum atomic E-state index is 10.4. The molecule has 164 valence electrons. The molecule has 2 aromatic rings. The molecule has 0 saturated carbocycles. The molecular formula is C24H34ClNO3P+. The van der Waals surface area contributed by atoms with Crippen molar-refractivity contribution in [2.24, 2.45) is 5.41 Å². The zero-order chi connectivity index (χ0) is 21.8. The Labute approximate surface area is 187 Å². The number of benzene rings is 2. The number of hydrogen-bond acceptors (Lipinski definition) is 3. The fourth-order valence-electron chi connectivity index (χ4n) is 3.63. The number of nitrogens with one attached hydrogen (secondary N) is 1. The van der Waals surface area contributed by atoms with Gasteiger partial charge in [0, 0.05) is 16.1 Å². The second-order valence-corrected chi connectivity index (χ2v) is 9.70. The van der Waals surface area contributed by atoms with E-state index in [2.05, 4.69) is 66.2 Å². The first-order chi connectivity index (χ1) is 14.4. The second-order valence-electron chi connectivity index (χ2n) is 8.56. The van der Waals surface area contributed by atoms with Gasteiger partial charge in [-0.2, -0.15) is 0 Å². The lowest BCUT2D eigenvalue weighted by atomic mass is 9.81. The van der Waals surface area contributed by atoms with E-state index in [1.807, 2.05) is 6.07 Å². The quantitative estimate of drug-likeness (QED) is 0.256. The summed E-state index contributed by atoms with van der Waals surface area (Å²) < 4.78 is 15.1. The smallest absolute Gasteiger partial charge is 0.313 e. The van der Waals surface area contributed by atoms with Gasteiger partial charge in [-0.15, -0.1) is 9.42 Å². The average Bonchev–Trinajstić information content (AvgIpc) is 2.69. The van der Waals surface area contributed by atoms with Crippen LogP contribution in [0.25, 0.3) is 0 Å². The van der Waals surface area contributed by atoms with Gasteiger partial charge in [-0.3, -0.25) is 0 Å². The van der Waals surface area contributed by atoms with Gasteiger partial charge in [0.1, 0.15) is 6.61 Å². The molecule has 0 aliphatic rings. The van der Waals surface area contributed by atoms with E-state index in [-0.39, 0.29) is 6.61 Å². The standard InChI is InChI=1S/C24H33ClNO3P/c1-24(2,18-20-9-4-3-5-10-20)14-7-6-11-22-13-12-21(17-23(22)25)19-26-15-8-16-29-30(27)28/h3-5,9-10,12-13,17,26H,6-8,11,14-16,18-19H2,1-2H3/p+1. The summed E-state index contributed by atoms with van der Waals surface area (Å²) in [4.78, 5) is 8.57. The van der Waals surface area contributed by atoms with Crippen molar-refractivity contribution in [3.05, 3.63) is 70.2 Å². The first-order valence-electron chi connectivity index (χ1n) is 10.7. The molecule has 0 fully saturated rings. The molecule has 0 aromatic heterocycles. The Morgan fingerprint density at radius 1 is 1.07 bits per heavy atom. The summed E-state index contributed by atoms with van der Waals surface area (Å²) in [6.45, 7) is 6.43. The Bertz CT molecular complexity index is 783. The summed E-state index contributed by atoms with van der Waals surface area (Å²) in [5.41, 5.74) is 4.06. The summed E-state index contributed by atoms with van der Waals surface area (Å²) in [5.74, 6) is 0. The lowest BCUT2D eigenvalue weighted by Gasteiger charge is -2.24. The van der Waals surface area contributed by atoms with Gasteiger partial charge >= 0.3 is 8.25 Å². The van der Waals surface area contributed by atoms with Crippen LogP contribution in [0.4, 0.5) is 0 Å². The molecule has 1 atom stereocenters. The zero-order valence-corrected chi connectivity index (χ0v) is 19.7. The Kier molecular flexibility index (Phi) is 11.0. The predicted octanol–water partition coefficient (Wildman–Crippen LogP) is 6.47. The third-order valence-corrected chi connectivity index (χ3v) is 5.98. The van der Waals surface area contributed by atoms with Crippen LogP contribution in [0.1, 0.15) is 56.2 Å². The molecule has 0 amide bonds. The van der Waals surface area contributed by atoms with Crippen LogP contribution in [0, 0.1) is 5.41 Å². The monoisotopic (exact) mass is 450 g/mol. The first kappa shape index (κ1) is 25.0. The van der Waals surface area contributed by atoms with Crippen LogP contribution in [0.5, 0.6) is 0 Å². The zero-order valence-electron chi connectivity index (χ0n) is 18.1. The van der Waals surface area contributed by atoms with E-state index >= 15 is 0 Å². The van der Waals surface area contributed by atoms with Crippen LogP contribution in [0.2, 0.25) is 5.02 Å². The van der Waals surface area contributed by atoms with Crippen molar-refractivity contribution < 1.29 is 14.0 Å². The fourth-order valence-corrected chi connectivity index (χ4v) is 4.21. The summed E-state index contributed by atoms with van der Waals surface area (Å²) in [5, 5.41) is 4.13. The molecule has 1 unspecified atom stereocenters. The van der Waals surface area contributed by atoms with Gasteiger partial charge in [0.2, 0.25) is 0 Å². The lowest BCUT2D eigenvalue weighted by Crippen LogP contribution is -2.16. The van der Waals surface area contributed by atoms with E-state index < -0.39 is 8.25 Å². The molecule has 30 heavy (non-hydrogen) atoms. The molecule has 0 aliphatic carbocycles. The lowest BCUT2D eigenvalue weighted by molar-refractivity contribution is 0.276. The normalized spacial score (nSPS) is 12.2. The molecule has 2 aromatic carbocycles. The van der Waals surface area contributed by atoms with Crippen molar-refractivity contribution >= 4 is 19.9 Å². The van der Waals surface area contributed by atoms with Gasteiger partial charge in [-0.25, -0.2) is 0 Å². The molecule has 0 heterocycles. The van der Waals surface area contributed by atoms with Crippen molar-refractivity contribution in [2.75, 3.05) is 13.2 Å². The highest BCUT2D eigenvalue weighted by Gasteiger charge is 2.18. The molecule has 6 heteroatoms. The number of halogens is 1. The van der Waals surface area contributed by atoms with Crippen LogP contribution in [-0.4, -0.2) is 18.0 Å². The van der Waals surface area contributed by atoms with Gasteiger partial charge in [0.15, 0.2) is 0 Å². The average molecular weight is 451 g/mol. The Balaban J connectivity index is 1.67. The highest BCUT2D eigenvalue weighted by molar-refractivity contribution is 7.32. The highest BCUT2D eigenvalue weighted by atomic mass is 35.5. The predicted molar refractivity (Wildman–Crippen MR) is 125 cm³/mol. The Hall–Kier alpha value is -1.29. The minimum Gasteiger partial charge on any atom is -0.313 e. The SMILES string of the molecule is CC(C)(CCCCc1ccc(CNCCCO[P+](=O)O)cc1Cl)Cc1ccccc1. The van der Waals surface area contributed by atoms with Crippen molar-refractivity contribution in [2.45, 2.75) is 58.9 Å². The summed E-state index contributed by atoms with van der Waals surface area (Å²) in [7, 11) is -2.49. The van der Waals surface area contributed by atoms with E-state index in [1.165, 1.54) is 24.0 Å². The van der Waals surface area contributed by atoms with Crippen molar-refractivity contribution in [1.29, 1.82) is 0 Å². The van der Waals surface area contributed by atoms with Gasteiger partial charge in [0.05, 0.1) is 0 Å². The molecule has 4 nitrogen and oxygen atoms in total.